The van der Waals surface area contributed by atoms with Crippen LogP contribution in [0.4, 0.5) is 0 Å². The third-order valence-electron chi connectivity index (χ3n) is 9.53. The maximum absolute atomic E-state index is 11.5. The summed E-state index contributed by atoms with van der Waals surface area (Å²) in [6.07, 6.45) is 8.68. The zero-order valence-corrected chi connectivity index (χ0v) is 31.9. The maximum atomic E-state index is 11.5. The van der Waals surface area contributed by atoms with Crippen LogP contribution in [0, 0.1) is 12.3 Å². The number of likely N-dealkylation sites (tertiary alicyclic amines) is 1. The molecule has 8 heteroatoms. The lowest BCUT2D eigenvalue weighted by Crippen LogP contribution is -2.58. The quantitative estimate of drug-likeness (QED) is 0.132. The second-order valence-corrected chi connectivity index (χ2v) is 14.2. The van der Waals surface area contributed by atoms with Gasteiger partial charge in [-0.2, -0.15) is 0 Å². The van der Waals surface area contributed by atoms with Gasteiger partial charge < -0.3 is 24.1 Å². The molecular weight excluding hydrogens is 650 g/mol. The summed E-state index contributed by atoms with van der Waals surface area (Å²) in [5.41, 5.74) is 6.33. The van der Waals surface area contributed by atoms with Gasteiger partial charge in [-0.1, -0.05) is 82.0 Å². The summed E-state index contributed by atoms with van der Waals surface area (Å²) in [5.74, 6) is 1.52. The molecule has 1 aliphatic carbocycles. The van der Waals surface area contributed by atoms with E-state index in [2.05, 4.69) is 69.0 Å². The summed E-state index contributed by atoms with van der Waals surface area (Å²) in [6.45, 7) is 17.1. The summed E-state index contributed by atoms with van der Waals surface area (Å²) in [5, 5.41) is 9.99. The molecule has 1 saturated heterocycles. The first kappa shape index (κ1) is 39.5. The SMILES string of the molecule is CCCCCOc1cccc(-c2cccc3c2CC[C@@H]3Oc2cc(OCC)c(CN3CC(C)(C(=O)O)C3)cc2Cl)c1C.CCCCOCCC. The van der Waals surface area contributed by atoms with Gasteiger partial charge in [-0.3, -0.25) is 9.69 Å². The predicted molar refractivity (Wildman–Crippen MR) is 203 cm³/mol. The van der Waals surface area contributed by atoms with Crippen LogP contribution in [-0.2, 0) is 22.5 Å². The van der Waals surface area contributed by atoms with Crippen LogP contribution >= 0.6 is 11.6 Å². The van der Waals surface area contributed by atoms with Crippen molar-refractivity contribution >= 4 is 17.6 Å². The molecule has 3 aromatic carbocycles. The number of hydrogen-bond acceptors (Lipinski definition) is 6. The van der Waals surface area contributed by atoms with Crippen LogP contribution in [0.5, 0.6) is 17.2 Å². The molecule has 5 rings (SSSR count). The molecule has 1 atom stereocenters. The molecule has 1 heterocycles. The summed E-state index contributed by atoms with van der Waals surface area (Å²) >= 11 is 6.78. The Hall–Kier alpha value is -3.26. The summed E-state index contributed by atoms with van der Waals surface area (Å²) in [4.78, 5) is 13.6. The second kappa shape index (κ2) is 19.4. The molecular formula is C42H58ClNO6. The van der Waals surface area contributed by atoms with Gasteiger partial charge in [0.15, 0.2) is 0 Å². The Kier molecular flexibility index (Phi) is 15.3. The van der Waals surface area contributed by atoms with Crippen molar-refractivity contribution < 1.29 is 28.8 Å². The fraction of sp³-hybridized carbons (Fsp3) is 0.548. The molecule has 0 spiro atoms. The highest BCUT2D eigenvalue weighted by Crippen LogP contribution is 2.44. The van der Waals surface area contributed by atoms with E-state index in [0.29, 0.717) is 37.0 Å². The Bertz CT molecular complexity index is 1530. The summed E-state index contributed by atoms with van der Waals surface area (Å²) in [6, 6.07) is 16.6. The number of rotatable bonds is 18. The van der Waals surface area contributed by atoms with Crippen LogP contribution in [0.2, 0.25) is 5.02 Å². The van der Waals surface area contributed by atoms with Crippen molar-refractivity contribution in [1.29, 1.82) is 0 Å². The summed E-state index contributed by atoms with van der Waals surface area (Å²) in [7, 11) is 0. The van der Waals surface area contributed by atoms with Gasteiger partial charge in [0.25, 0.3) is 0 Å². The van der Waals surface area contributed by atoms with E-state index < -0.39 is 11.4 Å². The van der Waals surface area contributed by atoms with Gasteiger partial charge in [-0.15, -0.1) is 0 Å². The number of carboxylic acids is 1. The molecule has 7 nitrogen and oxygen atoms in total. The van der Waals surface area contributed by atoms with E-state index in [4.69, 9.17) is 30.5 Å². The first-order valence-corrected chi connectivity index (χ1v) is 19.0. The molecule has 0 unspecified atom stereocenters. The van der Waals surface area contributed by atoms with Crippen molar-refractivity contribution in [3.63, 3.8) is 0 Å². The molecule has 0 bridgehead atoms. The van der Waals surface area contributed by atoms with Crippen LogP contribution < -0.4 is 14.2 Å². The highest BCUT2D eigenvalue weighted by atomic mass is 35.5. The van der Waals surface area contributed by atoms with Crippen LogP contribution in [0.15, 0.2) is 48.5 Å². The average molecular weight is 708 g/mol. The smallest absolute Gasteiger partial charge is 0.311 e. The van der Waals surface area contributed by atoms with E-state index in [1.165, 1.54) is 47.9 Å². The van der Waals surface area contributed by atoms with Gasteiger partial charge in [-0.25, -0.2) is 0 Å². The lowest BCUT2D eigenvalue weighted by atomic mass is 9.82. The van der Waals surface area contributed by atoms with Crippen LogP contribution in [0.3, 0.4) is 0 Å². The van der Waals surface area contributed by atoms with Crippen molar-refractivity contribution in [3.8, 4) is 28.4 Å². The molecule has 3 aromatic rings. The zero-order valence-electron chi connectivity index (χ0n) is 31.1. The number of halogens is 1. The minimum absolute atomic E-state index is 0.113. The van der Waals surface area contributed by atoms with Gasteiger partial charge >= 0.3 is 5.97 Å². The lowest BCUT2D eigenvalue weighted by Gasteiger charge is -2.45. The fourth-order valence-electron chi connectivity index (χ4n) is 6.74. The number of aliphatic carboxylic acids is 1. The molecule has 1 aliphatic heterocycles. The second-order valence-electron chi connectivity index (χ2n) is 13.8. The predicted octanol–water partition coefficient (Wildman–Crippen LogP) is 10.5. The number of nitrogens with zero attached hydrogens (tertiary/aromatic N) is 1. The van der Waals surface area contributed by atoms with Crippen molar-refractivity contribution in [2.45, 2.75) is 106 Å². The fourth-order valence-corrected chi connectivity index (χ4v) is 6.97. The van der Waals surface area contributed by atoms with Crippen molar-refractivity contribution in [2.24, 2.45) is 5.41 Å². The number of unbranched alkanes of at least 4 members (excludes halogenated alkanes) is 3. The van der Waals surface area contributed by atoms with Crippen molar-refractivity contribution in [1.82, 2.24) is 4.90 Å². The number of carbonyl (C=O) groups is 1. The standard InChI is InChI=1S/C35H42ClNO5.C7H16O/c1-5-7-8-17-41-30-14-10-11-25(23(30)3)26-12-9-13-28-27(26)15-16-31(28)42-33-19-32(40-6-2)24(18-29(33)36)20-37-21-35(4,22-37)34(38)39;1-3-5-7-8-6-4-2/h9-14,18-19,31H,5-8,15-17,20-22H2,1-4H3,(H,38,39);3-7H2,1-2H3/t31-;/m0./s1. The Morgan fingerprint density at radius 1 is 0.880 bits per heavy atom. The van der Waals surface area contributed by atoms with Crippen LogP contribution in [0.25, 0.3) is 11.1 Å². The van der Waals surface area contributed by atoms with Gasteiger partial charge in [0.1, 0.15) is 23.4 Å². The monoisotopic (exact) mass is 707 g/mol. The molecule has 1 fully saturated rings. The molecule has 0 amide bonds. The molecule has 274 valence electrons. The van der Waals surface area contributed by atoms with E-state index in [0.717, 1.165) is 68.1 Å². The van der Waals surface area contributed by atoms with Crippen molar-refractivity contribution in [3.05, 3.63) is 75.8 Å². The number of hydrogen-bond donors (Lipinski definition) is 1. The zero-order chi connectivity index (χ0) is 36.1. The molecule has 50 heavy (non-hydrogen) atoms. The van der Waals surface area contributed by atoms with Gasteiger partial charge in [-0.05, 0) is 92.8 Å². The van der Waals surface area contributed by atoms with E-state index in [-0.39, 0.29) is 6.10 Å². The Balaban J connectivity index is 0.000000627. The topological polar surface area (TPSA) is 77.5 Å². The first-order valence-electron chi connectivity index (χ1n) is 18.7. The Morgan fingerprint density at radius 2 is 1.62 bits per heavy atom. The third kappa shape index (κ3) is 10.2. The largest absolute Gasteiger partial charge is 0.493 e. The number of benzene rings is 3. The maximum Gasteiger partial charge on any atom is 0.311 e. The van der Waals surface area contributed by atoms with E-state index in [1.807, 2.05) is 19.1 Å². The summed E-state index contributed by atoms with van der Waals surface area (Å²) < 4.78 is 23.9. The van der Waals surface area contributed by atoms with Gasteiger partial charge in [0.2, 0.25) is 0 Å². The highest BCUT2D eigenvalue weighted by molar-refractivity contribution is 6.32. The normalized spacial score (nSPS) is 16.2. The Morgan fingerprint density at radius 3 is 2.32 bits per heavy atom. The van der Waals surface area contributed by atoms with Gasteiger partial charge in [0.05, 0.1) is 23.7 Å². The number of carboxylic acid groups (broad SMARTS) is 1. The highest BCUT2D eigenvalue weighted by Gasteiger charge is 2.45. The average Bonchev–Trinajstić information content (AvgIpc) is 3.50. The van der Waals surface area contributed by atoms with Gasteiger partial charge in [0, 0.05) is 44.5 Å². The molecule has 2 aliphatic rings. The number of fused-ring (bicyclic) bond motifs is 1. The van der Waals surface area contributed by atoms with Crippen molar-refractivity contribution in [2.75, 3.05) is 39.5 Å². The van der Waals surface area contributed by atoms with E-state index in [9.17, 15) is 9.90 Å². The lowest BCUT2D eigenvalue weighted by molar-refractivity contribution is -0.158. The Labute approximate surface area is 305 Å². The molecule has 0 saturated carbocycles. The minimum Gasteiger partial charge on any atom is -0.493 e. The molecule has 1 N–H and O–H groups in total. The third-order valence-corrected chi connectivity index (χ3v) is 9.82. The van der Waals surface area contributed by atoms with E-state index >= 15 is 0 Å². The minimum atomic E-state index is -0.760. The van der Waals surface area contributed by atoms with Crippen LogP contribution in [0.1, 0.15) is 108 Å². The van der Waals surface area contributed by atoms with E-state index in [1.54, 1.807) is 6.92 Å². The first-order chi connectivity index (χ1) is 24.1. The van der Waals surface area contributed by atoms with Crippen LogP contribution in [-0.4, -0.2) is 55.5 Å². The molecule has 0 radical (unpaired) electrons. The number of ether oxygens (including phenoxy) is 4. The molecule has 0 aromatic heterocycles.